The zero-order chi connectivity index (χ0) is 21.6. The van der Waals surface area contributed by atoms with E-state index in [0.29, 0.717) is 5.92 Å². The molecule has 0 heterocycles. The van der Waals surface area contributed by atoms with Crippen LogP contribution in [-0.2, 0) is 0 Å². The molecule has 0 aliphatic heterocycles. The van der Waals surface area contributed by atoms with E-state index in [1.165, 1.54) is 82.6 Å². The Labute approximate surface area is 186 Å². The molecule has 2 unspecified atom stereocenters. The van der Waals surface area contributed by atoms with Crippen molar-refractivity contribution < 1.29 is 13.5 Å². The van der Waals surface area contributed by atoms with Gasteiger partial charge in [-0.25, -0.2) is 0 Å². The van der Waals surface area contributed by atoms with Gasteiger partial charge in [-0.3, -0.25) is 0 Å². The van der Waals surface area contributed by atoms with Crippen LogP contribution in [0.15, 0.2) is 36.4 Å². The third-order valence-electron chi connectivity index (χ3n) is 7.97. The highest BCUT2D eigenvalue weighted by atomic mass is 19.3. The first-order valence-corrected chi connectivity index (χ1v) is 12.6. The summed E-state index contributed by atoms with van der Waals surface area (Å²) >= 11 is 0. The molecular weight excluding hydrogens is 390 g/mol. The van der Waals surface area contributed by atoms with E-state index < -0.39 is 6.61 Å². The van der Waals surface area contributed by atoms with E-state index in [1.807, 2.05) is 6.07 Å². The van der Waals surface area contributed by atoms with E-state index in [9.17, 15) is 8.78 Å². The largest absolute Gasteiger partial charge is 0.435 e. The number of hydrogen-bond acceptors (Lipinski definition) is 1. The summed E-state index contributed by atoms with van der Waals surface area (Å²) in [5.41, 5.74) is 1.42. The quantitative estimate of drug-likeness (QED) is 0.362. The van der Waals surface area contributed by atoms with Crippen molar-refractivity contribution in [1.82, 2.24) is 0 Å². The minimum atomic E-state index is -2.77. The Morgan fingerprint density at radius 3 is 2.42 bits per heavy atom. The molecule has 0 bridgehead atoms. The first-order valence-electron chi connectivity index (χ1n) is 12.6. The molecule has 2 aromatic carbocycles. The van der Waals surface area contributed by atoms with Gasteiger partial charge >= 0.3 is 6.61 Å². The van der Waals surface area contributed by atoms with Gasteiger partial charge in [0.15, 0.2) is 0 Å². The molecule has 0 aromatic heterocycles. The number of fused-ring (bicyclic) bond motifs is 2. The van der Waals surface area contributed by atoms with Crippen molar-refractivity contribution >= 4 is 10.8 Å². The van der Waals surface area contributed by atoms with Crippen LogP contribution < -0.4 is 4.74 Å². The maximum absolute atomic E-state index is 12.5. The molecule has 2 saturated carbocycles. The number of halogens is 2. The van der Waals surface area contributed by atoms with Gasteiger partial charge in [-0.2, -0.15) is 8.78 Å². The summed E-state index contributed by atoms with van der Waals surface area (Å²) in [5.74, 6) is 3.70. The van der Waals surface area contributed by atoms with Gasteiger partial charge in [0, 0.05) is 0 Å². The highest BCUT2D eigenvalue weighted by molar-refractivity contribution is 5.84. The van der Waals surface area contributed by atoms with Gasteiger partial charge in [-0.15, -0.1) is 0 Å². The Morgan fingerprint density at radius 2 is 1.58 bits per heavy atom. The van der Waals surface area contributed by atoms with Crippen LogP contribution in [0.2, 0.25) is 0 Å². The monoisotopic (exact) mass is 428 g/mol. The Balaban J connectivity index is 1.31. The highest BCUT2D eigenvalue weighted by Gasteiger charge is 2.35. The van der Waals surface area contributed by atoms with Crippen molar-refractivity contribution in [3.05, 3.63) is 42.0 Å². The number of ether oxygens (including phenoxy) is 1. The van der Waals surface area contributed by atoms with Crippen LogP contribution in [0.25, 0.3) is 10.8 Å². The van der Waals surface area contributed by atoms with Crippen molar-refractivity contribution in [3.8, 4) is 5.75 Å². The molecule has 0 saturated heterocycles. The molecule has 0 amide bonds. The SMILES string of the molecule is CCCCCCC[C@@H]1CC[C@@H]2CC(c3ccc4cc(OC(F)F)ccc4c3)CCC2C1. The number of unbranched alkanes of at least 4 members (excludes halogenated alkanes) is 4. The second kappa shape index (κ2) is 10.8. The van der Waals surface area contributed by atoms with Gasteiger partial charge in [0.1, 0.15) is 5.75 Å². The molecule has 0 N–H and O–H groups in total. The number of hydrogen-bond donors (Lipinski definition) is 0. The predicted molar refractivity (Wildman–Crippen MR) is 125 cm³/mol. The maximum Gasteiger partial charge on any atom is 0.387 e. The van der Waals surface area contributed by atoms with Crippen molar-refractivity contribution in [2.45, 2.75) is 96.5 Å². The lowest BCUT2D eigenvalue weighted by Gasteiger charge is -2.42. The van der Waals surface area contributed by atoms with Crippen molar-refractivity contribution in [2.24, 2.45) is 17.8 Å². The molecule has 4 atom stereocenters. The van der Waals surface area contributed by atoms with Crippen LogP contribution >= 0.6 is 0 Å². The van der Waals surface area contributed by atoms with Crippen molar-refractivity contribution in [1.29, 1.82) is 0 Å². The minimum absolute atomic E-state index is 0.234. The van der Waals surface area contributed by atoms with E-state index in [-0.39, 0.29) is 5.75 Å². The van der Waals surface area contributed by atoms with Crippen molar-refractivity contribution in [3.63, 3.8) is 0 Å². The van der Waals surface area contributed by atoms with E-state index in [4.69, 9.17) is 0 Å². The van der Waals surface area contributed by atoms with Crippen LogP contribution in [0.3, 0.4) is 0 Å². The molecular formula is C28H38F2O. The van der Waals surface area contributed by atoms with Crippen LogP contribution in [0.5, 0.6) is 5.75 Å². The van der Waals surface area contributed by atoms with E-state index in [2.05, 4.69) is 29.9 Å². The van der Waals surface area contributed by atoms with Crippen LogP contribution in [0, 0.1) is 17.8 Å². The summed E-state index contributed by atoms with van der Waals surface area (Å²) in [4.78, 5) is 0. The van der Waals surface area contributed by atoms with E-state index >= 15 is 0 Å². The second-order valence-corrected chi connectivity index (χ2v) is 10.1. The van der Waals surface area contributed by atoms with Gasteiger partial charge in [0.25, 0.3) is 0 Å². The normalized spacial score (nSPS) is 26.2. The fourth-order valence-electron chi connectivity index (χ4n) is 6.26. The first kappa shape index (κ1) is 22.6. The fraction of sp³-hybridized carbons (Fsp3) is 0.643. The van der Waals surface area contributed by atoms with Gasteiger partial charge in [-0.1, -0.05) is 76.1 Å². The average Bonchev–Trinajstić information content (AvgIpc) is 2.78. The molecule has 2 aliphatic rings. The zero-order valence-corrected chi connectivity index (χ0v) is 19.0. The van der Waals surface area contributed by atoms with Gasteiger partial charge in [0.2, 0.25) is 0 Å². The number of benzene rings is 2. The number of alkyl halides is 2. The molecule has 2 fully saturated rings. The topological polar surface area (TPSA) is 9.23 Å². The third kappa shape index (κ3) is 5.99. The summed E-state index contributed by atoms with van der Waals surface area (Å²) in [6.45, 7) is -0.486. The standard InChI is InChI=1S/C28H38F2O/c1-2-3-4-5-6-7-20-8-9-22-17-23(11-10-21(22)16-20)24-12-13-26-19-27(31-28(29)30)15-14-25(26)18-24/h12-15,18-23,28H,2-11,16-17H2,1H3/t20-,21?,22-,23?/m1/s1. The van der Waals surface area contributed by atoms with E-state index in [0.717, 1.165) is 28.5 Å². The number of rotatable bonds is 9. The van der Waals surface area contributed by atoms with Crippen LogP contribution in [0.1, 0.15) is 95.5 Å². The summed E-state index contributed by atoms with van der Waals surface area (Å²) in [6.07, 6.45) is 16.8. The lowest BCUT2D eigenvalue weighted by molar-refractivity contribution is -0.0497. The second-order valence-electron chi connectivity index (χ2n) is 10.1. The summed E-state index contributed by atoms with van der Waals surface area (Å²) < 4.78 is 29.5. The molecule has 2 aromatic rings. The molecule has 1 nitrogen and oxygen atoms in total. The summed E-state index contributed by atoms with van der Waals surface area (Å²) in [5, 5.41) is 2.09. The van der Waals surface area contributed by atoms with Gasteiger partial charge in [0.05, 0.1) is 0 Å². The lowest BCUT2D eigenvalue weighted by atomic mass is 9.63. The molecule has 3 heteroatoms. The molecule has 0 radical (unpaired) electrons. The average molecular weight is 429 g/mol. The van der Waals surface area contributed by atoms with Gasteiger partial charge in [-0.05, 0) is 84.2 Å². The maximum atomic E-state index is 12.5. The minimum Gasteiger partial charge on any atom is -0.435 e. The Hall–Kier alpha value is -1.64. The van der Waals surface area contributed by atoms with Crippen LogP contribution in [0.4, 0.5) is 8.78 Å². The Bertz CT molecular complexity index is 833. The van der Waals surface area contributed by atoms with Crippen LogP contribution in [-0.4, -0.2) is 6.61 Å². The first-order chi connectivity index (χ1) is 15.1. The predicted octanol–water partition coefficient (Wildman–Crippen LogP) is 9.10. The molecule has 170 valence electrons. The fourth-order valence-corrected chi connectivity index (χ4v) is 6.26. The summed E-state index contributed by atoms with van der Waals surface area (Å²) in [6, 6.07) is 11.8. The molecule has 0 spiro atoms. The van der Waals surface area contributed by atoms with E-state index in [1.54, 1.807) is 12.1 Å². The molecule has 31 heavy (non-hydrogen) atoms. The zero-order valence-electron chi connectivity index (χ0n) is 19.0. The van der Waals surface area contributed by atoms with Crippen molar-refractivity contribution in [2.75, 3.05) is 0 Å². The van der Waals surface area contributed by atoms with Gasteiger partial charge < -0.3 is 4.74 Å². The summed E-state index contributed by atoms with van der Waals surface area (Å²) in [7, 11) is 0. The molecule has 4 rings (SSSR count). The smallest absolute Gasteiger partial charge is 0.387 e. The molecule has 2 aliphatic carbocycles. The third-order valence-corrected chi connectivity index (χ3v) is 7.97. The lowest BCUT2D eigenvalue weighted by Crippen LogP contribution is -2.30. The Kier molecular flexibility index (Phi) is 7.85. The highest BCUT2D eigenvalue weighted by Crippen LogP contribution is 2.48. The Morgan fingerprint density at radius 1 is 0.839 bits per heavy atom.